The highest BCUT2D eigenvalue weighted by Gasteiger charge is 2.31. The Bertz CT molecular complexity index is 1310. The minimum atomic E-state index is -3.62. The zero-order valence-corrected chi connectivity index (χ0v) is 25.3. The van der Waals surface area contributed by atoms with Crippen molar-refractivity contribution in [1.29, 1.82) is 0 Å². The molecule has 1 heterocycles. The summed E-state index contributed by atoms with van der Waals surface area (Å²) in [5, 5.41) is 3.20. The number of fused-ring (bicyclic) bond motifs is 1. The maximum atomic E-state index is 13.8. The summed E-state index contributed by atoms with van der Waals surface area (Å²) in [5.74, 6) is 0.787. The number of nitrogens with zero attached hydrogens (tertiary/aromatic N) is 2. The molecule has 2 aromatic carbocycles. The lowest BCUT2D eigenvalue weighted by Crippen LogP contribution is -2.51. The first kappa shape index (κ1) is 30.7. The van der Waals surface area contributed by atoms with Gasteiger partial charge in [0, 0.05) is 31.6 Å². The van der Waals surface area contributed by atoms with Gasteiger partial charge in [-0.25, -0.2) is 8.42 Å². The fourth-order valence-corrected chi connectivity index (χ4v) is 6.58. The molecular weight excluding hydrogens is 542 g/mol. The van der Waals surface area contributed by atoms with Crippen molar-refractivity contribution in [2.45, 2.75) is 83.8 Å². The summed E-state index contributed by atoms with van der Waals surface area (Å²) in [6, 6.07) is 12.5. The van der Waals surface area contributed by atoms with E-state index in [2.05, 4.69) is 5.32 Å². The number of aryl methyl sites for hydroxylation is 1. The average molecular weight is 586 g/mol. The van der Waals surface area contributed by atoms with Crippen LogP contribution in [-0.4, -0.2) is 63.2 Å². The third-order valence-electron chi connectivity index (χ3n) is 7.91. The van der Waals surface area contributed by atoms with E-state index in [-0.39, 0.29) is 30.8 Å². The number of hydrogen-bond donors (Lipinski definition) is 1. The summed E-state index contributed by atoms with van der Waals surface area (Å²) in [4.78, 5) is 28.9. The molecule has 1 fully saturated rings. The van der Waals surface area contributed by atoms with Crippen molar-refractivity contribution in [3.8, 4) is 11.5 Å². The van der Waals surface area contributed by atoms with Gasteiger partial charge in [0.2, 0.25) is 21.8 Å². The number of anilines is 1. The van der Waals surface area contributed by atoms with E-state index in [1.54, 1.807) is 23.1 Å². The third kappa shape index (κ3) is 8.15. The molecule has 1 saturated carbocycles. The predicted octanol–water partition coefficient (Wildman–Crippen LogP) is 4.57. The highest BCUT2D eigenvalue weighted by molar-refractivity contribution is 7.92. The predicted molar refractivity (Wildman–Crippen MR) is 160 cm³/mol. The Hall–Kier alpha value is -3.27. The second-order valence-electron chi connectivity index (χ2n) is 11.0. The van der Waals surface area contributed by atoms with E-state index in [0.29, 0.717) is 49.8 Å². The number of carbonyl (C=O) groups is 2. The molecule has 0 saturated heterocycles. The Morgan fingerprint density at radius 2 is 1.73 bits per heavy atom. The Labute approximate surface area is 244 Å². The molecule has 2 amide bonds. The van der Waals surface area contributed by atoms with Crippen molar-refractivity contribution in [2.24, 2.45) is 0 Å². The van der Waals surface area contributed by atoms with Crippen molar-refractivity contribution >= 4 is 27.5 Å². The smallest absolute Gasteiger partial charge is 0.243 e. The molecule has 1 atom stereocenters. The van der Waals surface area contributed by atoms with Crippen LogP contribution in [0.25, 0.3) is 0 Å². The highest BCUT2D eigenvalue weighted by Crippen LogP contribution is 2.35. The molecule has 0 spiro atoms. The molecule has 1 aliphatic carbocycles. The van der Waals surface area contributed by atoms with Crippen LogP contribution in [0, 0.1) is 6.92 Å². The van der Waals surface area contributed by atoms with Gasteiger partial charge in [-0.1, -0.05) is 50.5 Å². The van der Waals surface area contributed by atoms with Crippen LogP contribution in [0.15, 0.2) is 42.5 Å². The number of sulfonamides is 1. The van der Waals surface area contributed by atoms with E-state index < -0.39 is 16.1 Å². The Balaban J connectivity index is 1.49. The van der Waals surface area contributed by atoms with Gasteiger partial charge in [-0.3, -0.25) is 13.9 Å². The van der Waals surface area contributed by atoms with E-state index >= 15 is 0 Å². The van der Waals surface area contributed by atoms with Crippen LogP contribution < -0.4 is 19.1 Å². The van der Waals surface area contributed by atoms with Gasteiger partial charge in [0.05, 0.1) is 11.9 Å². The van der Waals surface area contributed by atoms with Crippen LogP contribution in [0.4, 0.5) is 5.69 Å². The molecule has 1 unspecified atom stereocenters. The van der Waals surface area contributed by atoms with Crippen molar-refractivity contribution in [3.63, 3.8) is 0 Å². The lowest BCUT2D eigenvalue weighted by Gasteiger charge is -2.33. The average Bonchev–Trinajstić information content (AvgIpc) is 2.95. The number of amides is 2. The zero-order valence-electron chi connectivity index (χ0n) is 24.4. The van der Waals surface area contributed by atoms with Gasteiger partial charge in [-0.15, -0.1) is 0 Å². The van der Waals surface area contributed by atoms with E-state index in [4.69, 9.17) is 9.47 Å². The van der Waals surface area contributed by atoms with E-state index in [1.165, 1.54) is 10.7 Å². The highest BCUT2D eigenvalue weighted by atomic mass is 32.2. The minimum Gasteiger partial charge on any atom is -0.486 e. The maximum absolute atomic E-state index is 13.8. The molecule has 10 heteroatoms. The molecule has 1 aliphatic heterocycles. The van der Waals surface area contributed by atoms with Crippen molar-refractivity contribution in [1.82, 2.24) is 10.2 Å². The lowest BCUT2D eigenvalue weighted by molar-refractivity contribution is -0.141. The fourth-order valence-electron chi connectivity index (χ4n) is 5.63. The van der Waals surface area contributed by atoms with Crippen LogP contribution in [0.5, 0.6) is 11.5 Å². The summed E-state index contributed by atoms with van der Waals surface area (Å²) in [6.07, 6.45) is 7.38. The van der Waals surface area contributed by atoms with Crippen LogP contribution >= 0.6 is 0 Å². The summed E-state index contributed by atoms with van der Waals surface area (Å²) in [5.41, 5.74) is 2.49. The largest absolute Gasteiger partial charge is 0.486 e. The maximum Gasteiger partial charge on any atom is 0.243 e. The Kier molecular flexibility index (Phi) is 10.5. The van der Waals surface area contributed by atoms with Crippen LogP contribution in [-0.2, 0) is 26.2 Å². The molecule has 1 N–H and O–H groups in total. The van der Waals surface area contributed by atoms with Gasteiger partial charge >= 0.3 is 0 Å². The molecule has 9 nitrogen and oxygen atoms in total. The molecule has 0 aromatic heterocycles. The van der Waals surface area contributed by atoms with E-state index in [9.17, 15) is 18.0 Å². The monoisotopic (exact) mass is 585 g/mol. The molecule has 224 valence electrons. The summed E-state index contributed by atoms with van der Waals surface area (Å²) in [7, 11) is -3.62. The summed E-state index contributed by atoms with van der Waals surface area (Å²) < 4.78 is 37.9. The summed E-state index contributed by atoms with van der Waals surface area (Å²) in [6.45, 7) is 5.20. The van der Waals surface area contributed by atoms with Crippen LogP contribution in [0.2, 0.25) is 0 Å². The van der Waals surface area contributed by atoms with Crippen molar-refractivity contribution < 1.29 is 27.5 Å². The van der Waals surface area contributed by atoms with Crippen molar-refractivity contribution in [2.75, 3.05) is 30.3 Å². The minimum absolute atomic E-state index is 0.107. The van der Waals surface area contributed by atoms with Crippen molar-refractivity contribution in [3.05, 3.63) is 53.6 Å². The van der Waals surface area contributed by atoms with Gasteiger partial charge < -0.3 is 19.7 Å². The second kappa shape index (κ2) is 14.1. The summed E-state index contributed by atoms with van der Waals surface area (Å²) >= 11 is 0. The molecule has 0 bridgehead atoms. The van der Waals surface area contributed by atoms with E-state index in [0.717, 1.165) is 43.1 Å². The third-order valence-corrected chi connectivity index (χ3v) is 9.10. The molecule has 0 radical (unpaired) electrons. The number of hydrogen-bond acceptors (Lipinski definition) is 6. The zero-order chi connectivity index (χ0) is 29.4. The molecule has 41 heavy (non-hydrogen) atoms. The van der Waals surface area contributed by atoms with Crippen LogP contribution in [0.1, 0.15) is 69.4 Å². The molecule has 2 aromatic rings. The van der Waals surface area contributed by atoms with Crippen LogP contribution in [0.3, 0.4) is 0 Å². The first-order valence-corrected chi connectivity index (χ1v) is 16.5. The number of rotatable bonds is 12. The fraction of sp³-hybridized carbons (Fsp3) is 0.548. The molecule has 2 aliphatic rings. The van der Waals surface area contributed by atoms with Gasteiger partial charge in [-0.05, 0) is 55.9 Å². The standard InChI is InChI=1S/C31H43N3O6S/c1-4-27(31(36)32-25-13-6-5-7-14-25)33(22-24-12-9-8-11-23(24)2)30(35)15-10-18-34(41(3,37)38)26-16-17-28-29(21-26)40-20-19-39-28/h8-9,11-12,16-17,21,25,27H,4-7,10,13-15,18-20,22H2,1-3H3,(H,32,36). The Morgan fingerprint density at radius 3 is 2.41 bits per heavy atom. The molecule has 4 rings (SSSR count). The van der Waals surface area contributed by atoms with E-state index in [1.807, 2.05) is 38.1 Å². The number of carbonyl (C=O) groups excluding carboxylic acids is 2. The number of benzene rings is 2. The molecular formula is C31H43N3O6S. The quantitative estimate of drug-likeness (QED) is 0.391. The number of ether oxygens (including phenoxy) is 2. The Morgan fingerprint density at radius 1 is 1.02 bits per heavy atom. The van der Waals surface area contributed by atoms with Gasteiger partial charge in [0.1, 0.15) is 19.3 Å². The van der Waals surface area contributed by atoms with Gasteiger partial charge in [0.15, 0.2) is 11.5 Å². The number of nitrogens with one attached hydrogen (secondary N) is 1. The van der Waals surface area contributed by atoms with Gasteiger partial charge in [0.25, 0.3) is 0 Å². The first-order chi connectivity index (χ1) is 19.7. The normalized spacial score (nSPS) is 16.1. The topological polar surface area (TPSA) is 105 Å². The second-order valence-corrected chi connectivity index (χ2v) is 12.9. The SMILES string of the molecule is CCC(C(=O)NC1CCCCC1)N(Cc1ccccc1C)C(=O)CCCN(c1ccc2c(c1)OCCO2)S(C)(=O)=O. The van der Waals surface area contributed by atoms with Gasteiger partial charge in [-0.2, -0.15) is 0 Å². The first-order valence-electron chi connectivity index (χ1n) is 14.7. The lowest BCUT2D eigenvalue weighted by atomic mass is 9.95.